The number of rotatable bonds is 8. The second kappa shape index (κ2) is 11.2. The van der Waals surface area contributed by atoms with E-state index < -0.39 is 0 Å². The predicted molar refractivity (Wildman–Crippen MR) is 154 cm³/mol. The van der Waals surface area contributed by atoms with Crippen LogP contribution in [-0.4, -0.2) is 33.5 Å². The fourth-order valence-electron chi connectivity index (χ4n) is 4.27. The number of hydrazone groups is 1. The van der Waals surface area contributed by atoms with Gasteiger partial charge in [-0.05, 0) is 80.6 Å². The Morgan fingerprint density at radius 2 is 1.95 bits per heavy atom. The van der Waals surface area contributed by atoms with E-state index in [1.165, 1.54) is 16.6 Å². The number of hydrogen-bond donors (Lipinski definition) is 1. The summed E-state index contributed by atoms with van der Waals surface area (Å²) in [7, 11) is 0. The van der Waals surface area contributed by atoms with Gasteiger partial charge in [0, 0.05) is 9.35 Å². The summed E-state index contributed by atoms with van der Waals surface area (Å²) < 4.78 is 8.15. The first-order valence-electron chi connectivity index (χ1n) is 12.0. The van der Waals surface area contributed by atoms with Crippen LogP contribution in [0.5, 0.6) is 5.75 Å². The smallest absolute Gasteiger partial charge is 0.267 e. The number of thioether (sulfide) groups is 1. The third-order valence-electron chi connectivity index (χ3n) is 6.06. The molecule has 0 saturated carbocycles. The van der Waals surface area contributed by atoms with Crippen molar-refractivity contribution in [3.8, 4) is 11.4 Å². The lowest BCUT2D eigenvalue weighted by Crippen LogP contribution is -2.24. The zero-order valence-corrected chi connectivity index (χ0v) is 23.6. The molecule has 0 saturated heterocycles. The molecule has 37 heavy (non-hydrogen) atoms. The van der Waals surface area contributed by atoms with Gasteiger partial charge in [-0.2, -0.15) is 5.10 Å². The molecule has 7 nitrogen and oxygen atoms in total. The number of thiophene rings is 1. The fourth-order valence-corrected chi connectivity index (χ4v) is 6.64. The molecule has 4 aromatic rings. The maximum atomic E-state index is 13.8. The van der Waals surface area contributed by atoms with Crippen LogP contribution in [0, 0.1) is 0 Å². The van der Waals surface area contributed by atoms with Crippen molar-refractivity contribution in [3.05, 3.63) is 79.4 Å². The van der Waals surface area contributed by atoms with Crippen LogP contribution in [0.15, 0.2) is 68.1 Å². The van der Waals surface area contributed by atoms with Crippen LogP contribution in [-0.2, 0) is 17.6 Å². The number of fused-ring (bicyclic) bond motifs is 3. The molecule has 190 valence electrons. The SMILES string of the molecule is CCOc1ccc(-n2c(SCC(=O)NN=C(C)c3ccc(Br)cc3)nc3sc4c(c3c2=O)CCC4)cc1. The van der Waals surface area contributed by atoms with Crippen LogP contribution in [0.2, 0.25) is 0 Å². The largest absolute Gasteiger partial charge is 0.494 e. The zero-order chi connectivity index (χ0) is 25.9. The standard InChI is InChI=1S/C27H25BrN4O3S2/c1-3-35-20-13-11-19(12-14-20)32-26(34)24-21-5-4-6-22(21)37-25(24)29-27(32)36-15-23(33)31-30-16(2)17-7-9-18(28)10-8-17/h7-14H,3-6,15H2,1-2H3,(H,31,33). The van der Waals surface area contributed by atoms with E-state index in [-0.39, 0.29) is 17.2 Å². The van der Waals surface area contributed by atoms with Gasteiger partial charge in [0.05, 0.1) is 29.1 Å². The Morgan fingerprint density at radius 1 is 1.19 bits per heavy atom. The molecule has 5 rings (SSSR count). The van der Waals surface area contributed by atoms with Crippen molar-refractivity contribution in [2.24, 2.45) is 5.10 Å². The molecule has 1 aliphatic rings. The van der Waals surface area contributed by atoms with Gasteiger partial charge >= 0.3 is 0 Å². The van der Waals surface area contributed by atoms with Gasteiger partial charge < -0.3 is 4.74 Å². The Balaban J connectivity index is 1.42. The van der Waals surface area contributed by atoms with E-state index >= 15 is 0 Å². The summed E-state index contributed by atoms with van der Waals surface area (Å²) in [5.74, 6) is 0.525. The van der Waals surface area contributed by atoms with Crippen molar-refractivity contribution in [1.82, 2.24) is 15.0 Å². The number of halogens is 1. The quantitative estimate of drug-likeness (QED) is 0.121. The molecular formula is C27H25BrN4O3S2. The maximum absolute atomic E-state index is 13.8. The van der Waals surface area contributed by atoms with Crippen molar-refractivity contribution in [2.45, 2.75) is 38.3 Å². The van der Waals surface area contributed by atoms with E-state index in [0.717, 1.165) is 45.4 Å². The summed E-state index contributed by atoms with van der Waals surface area (Å²) in [6.07, 6.45) is 2.95. The number of ether oxygens (including phenoxy) is 1. The molecule has 2 aromatic heterocycles. The molecule has 0 atom stereocenters. The predicted octanol–water partition coefficient (Wildman–Crippen LogP) is 5.73. The van der Waals surface area contributed by atoms with Crippen LogP contribution in [0.4, 0.5) is 0 Å². The Labute approximate surface area is 231 Å². The van der Waals surface area contributed by atoms with Crippen LogP contribution in [0.1, 0.15) is 36.3 Å². The van der Waals surface area contributed by atoms with Crippen molar-refractivity contribution >= 4 is 60.9 Å². The molecule has 0 unspecified atom stereocenters. The highest BCUT2D eigenvalue weighted by Crippen LogP contribution is 2.36. The number of amides is 1. The molecule has 0 aliphatic heterocycles. The lowest BCUT2D eigenvalue weighted by atomic mass is 10.1. The van der Waals surface area contributed by atoms with E-state index in [1.807, 2.05) is 62.4 Å². The minimum absolute atomic E-state index is 0.0667. The Hall–Kier alpha value is -2.95. The van der Waals surface area contributed by atoms with Crippen LogP contribution >= 0.6 is 39.0 Å². The second-order valence-corrected chi connectivity index (χ2v) is 11.5. The maximum Gasteiger partial charge on any atom is 0.267 e. The van der Waals surface area contributed by atoms with Crippen molar-refractivity contribution in [2.75, 3.05) is 12.4 Å². The average Bonchev–Trinajstić information content (AvgIpc) is 3.48. The minimum atomic E-state index is -0.275. The highest BCUT2D eigenvalue weighted by Gasteiger charge is 2.24. The van der Waals surface area contributed by atoms with Crippen LogP contribution < -0.4 is 15.7 Å². The summed E-state index contributed by atoms with van der Waals surface area (Å²) in [6.45, 7) is 4.33. The van der Waals surface area contributed by atoms with E-state index in [2.05, 4.69) is 26.5 Å². The lowest BCUT2D eigenvalue weighted by Gasteiger charge is -2.13. The van der Waals surface area contributed by atoms with Gasteiger partial charge in [-0.3, -0.25) is 14.2 Å². The first kappa shape index (κ1) is 25.7. The number of nitrogens with zero attached hydrogens (tertiary/aromatic N) is 3. The van der Waals surface area contributed by atoms with E-state index in [1.54, 1.807) is 15.9 Å². The van der Waals surface area contributed by atoms with Gasteiger partial charge in [-0.25, -0.2) is 10.4 Å². The van der Waals surface area contributed by atoms with E-state index in [9.17, 15) is 9.59 Å². The zero-order valence-electron chi connectivity index (χ0n) is 20.4. The van der Waals surface area contributed by atoms with E-state index in [0.29, 0.717) is 28.5 Å². The van der Waals surface area contributed by atoms with Gasteiger partial charge in [-0.15, -0.1) is 11.3 Å². The molecule has 1 aliphatic carbocycles. The van der Waals surface area contributed by atoms with Gasteiger partial charge in [-0.1, -0.05) is 39.8 Å². The van der Waals surface area contributed by atoms with Gasteiger partial charge in [0.15, 0.2) is 5.16 Å². The van der Waals surface area contributed by atoms with Crippen molar-refractivity contribution in [1.29, 1.82) is 0 Å². The highest BCUT2D eigenvalue weighted by molar-refractivity contribution is 9.10. The Morgan fingerprint density at radius 3 is 2.68 bits per heavy atom. The number of carbonyl (C=O) groups excluding carboxylic acids is 1. The molecule has 0 radical (unpaired) electrons. The van der Waals surface area contributed by atoms with Gasteiger partial charge in [0.25, 0.3) is 11.5 Å². The molecule has 1 N–H and O–H groups in total. The first-order chi connectivity index (χ1) is 17.9. The normalized spacial score (nSPS) is 13.1. The molecular weight excluding hydrogens is 572 g/mol. The van der Waals surface area contributed by atoms with Crippen molar-refractivity contribution in [3.63, 3.8) is 0 Å². The van der Waals surface area contributed by atoms with E-state index in [4.69, 9.17) is 9.72 Å². The van der Waals surface area contributed by atoms with Crippen molar-refractivity contribution < 1.29 is 9.53 Å². The lowest BCUT2D eigenvalue weighted by molar-refractivity contribution is -0.118. The monoisotopic (exact) mass is 596 g/mol. The highest BCUT2D eigenvalue weighted by atomic mass is 79.9. The van der Waals surface area contributed by atoms with Crippen LogP contribution in [0.3, 0.4) is 0 Å². The average molecular weight is 598 g/mol. The summed E-state index contributed by atoms with van der Waals surface area (Å²) >= 11 is 6.23. The fraction of sp³-hybridized carbons (Fsp3) is 0.259. The number of hydrogen-bond acceptors (Lipinski definition) is 7. The molecule has 0 spiro atoms. The number of aromatic nitrogens is 2. The van der Waals surface area contributed by atoms with Crippen LogP contribution in [0.25, 0.3) is 15.9 Å². The molecule has 0 bridgehead atoms. The van der Waals surface area contributed by atoms with Gasteiger partial charge in [0.1, 0.15) is 10.6 Å². The minimum Gasteiger partial charge on any atom is -0.494 e. The Kier molecular flexibility index (Phi) is 7.78. The molecule has 2 aromatic carbocycles. The molecule has 1 amide bonds. The molecule has 10 heteroatoms. The molecule has 2 heterocycles. The number of carbonyl (C=O) groups is 1. The van der Waals surface area contributed by atoms with Gasteiger partial charge in [0.2, 0.25) is 0 Å². The third-order valence-corrected chi connectivity index (χ3v) is 8.71. The number of benzene rings is 2. The summed E-state index contributed by atoms with van der Waals surface area (Å²) in [6, 6.07) is 15.1. The summed E-state index contributed by atoms with van der Waals surface area (Å²) in [5.41, 5.74) is 5.95. The number of nitrogens with one attached hydrogen (secondary N) is 1. The summed E-state index contributed by atoms with van der Waals surface area (Å²) in [5, 5.41) is 5.41. The number of aryl methyl sites for hydroxylation is 2. The third kappa shape index (κ3) is 5.51. The molecule has 0 fully saturated rings. The second-order valence-electron chi connectivity index (χ2n) is 8.53. The first-order valence-corrected chi connectivity index (χ1v) is 14.6. The topological polar surface area (TPSA) is 85.6 Å². The Bertz CT molecular complexity index is 1540. The summed E-state index contributed by atoms with van der Waals surface area (Å²) in [4.78, 5) is 33.3.